The third-order valence-corrected chi connectivity index (χ3v) is 1.82. The van der Waals surface area contributed by atoms with Crippen LogP contribution in [-0.4, -0.2) is 25.8 Å². The summed E-state index contributed by atoms with van der Waals surface area (Å²) in [6, 6.07) is 0. The van der Waals surface area contributed by atoms with Crippen molar-refractivity contribution in [1.29, 1.82) is 0 Å². The molecule has 1 aliphatic rings. The molecule has 0 heterocycles. The lowest BCUT2D eigenvalue weighted by Crippen LogP contribution is -2.27. The molecule has 1 fully saturated rings. The molecule has 3 heteroatoms. The lowest BCUT2D eigenvalue weighted by molar-refractivity contribution is -0.156. The zero-order chi connectivity index (χ0) is 8.27. The maximum atomic E-state index is 11.1. The minimum Gasteiger partial charge on any atom is -0.464 e. The molecule has 3 nitrogen and oxygen atoms in total. The van der Waals surface area contributed by atoms with Crippen LogP contribution in [0.15, 0.2) is 0 Å². The second-order valence-electron chi connectivity index (χ2n) is 2.75. The first-order valence-corrected chi connectivity index (χ1v) is 3.99. The molecule has 64 valence electrons. The van der Waals surface area contributed by atoms with Crippen molar-refractivity contribution in [3.8, 4) is 0 Å². The standard InChI is InChI=1S/C8H14O3/c1-3-11-8(9)7(10-2)6-4-5-6/h6-7H,3-5H2,1-2H3. The summed E-state index contributed by atoms with van der Waals surface area (Å²) in [6.45, 7) is 2.24. The first-order chi connectivity index (χ1) is 5.29. The van der Waals surface area contributed by atoms with Gasteiger partial charge in [0.15, 0.2) is 6.10 Å². The molecule has 0 saturated heterocycles. The Kier molecular flexibility index (Phi) is 2.88. The predicted octanol–water partition coefficient (Wildman–Crippen LogP) is 0.974. The molecule has 0 aromatic carbocycles. The molecule has 11 heavy (non-hydrogen) atoms. The average molecular weight is 158 g/mol. The quantitative estimate of drug-likeness (QED) is 0.572. The monoisotopic (exact) mass is 158 g/mol. The zero-order valence-electron chi connectivity index (χ0n) is 7.00. The first-order valence-electron chi connectivity index (χ1n) is 3.99. The second kappa shape index (κ2) is 3.72. The highest BCUT2D eigenvalue weighted by Gasteiger charge is 2.37. The highest BCUT2D eigenvalue weighted by molar-refractivity contribution is 5.75. The van der Waals surface area contributed by atoms with Crippen molar-refractivity contribution in [3.63, 3.8) is 0 Å². The molecule has 0 amide bonds. The SMILES string of the molecule is CCOC(=O)C(OC)C1CC1. The van der Waals surface area contributed by atoms with Crippen LogP contribution in [0.1, 0.15) is 19.8 Å². The summed E-state index contributed by atoms with van der Waals surface area (Å²) in [4.78, 5) is 11.1. The average Bonchev–Trinajstić information content (AvgIpc) is 2.73. The topological polar surface area (TPSA) is 35.5 Å². The van der Waals surface area contributed by atoms with E-state index in [0.29, 0.717) is 12.5 Å². The van der Waals surface area contributed by atoms with Gasteiger partial charge in [0.05, 0.1) is 6.61 Å². The van der Waals surface area contributed by atoms with Gasteiger partial charge in [-0.1, -0.05) is 0 Å². The molecule has 0 spiro atoms. The molecule has 0 aliphatic heterocycles. The van der Waals surface area contributed by atoms with E-state index in [1.165, 1.54) is 0 Å². The van der Waals surface area contributed by atoms with Crippen LogP contribution in [0.3, 0.4) is 0 Å². The predicted molar refractivity (Wildman–Crippen MR) is 40.2 cm³/mol. The summed E-state index contributed by atoms with van der Waals surface area (Å²) in [7, 11) is 1.56. The molecule has 0 aromatic rings. The van der Waals surface area contributed by atoms with E-state index in [2.05, 4.69) is 0 Å². The Bertz CT molecular complexity index is 140. The molecular formula is C8H14O3. The number of esters is 1. The van der Waals surface area contributed by atoms with E-state index >= 15 is 0 Å². The smallest absolute Gasteiger partial charge is 0.335 e. The van der Waals surface area contributed by atoms with Gasteiger partial charge in [0.2, 0.25) is 0 Å². The van der Waals surface area contributed by atoms with Crippen LogP contribution in [0, 0.1) is 5.92 Å². The number of carbonyl (C=O) groups excluding carboxylic acids is 1. The Hall–Kier alpha value is -0.570. The van der Waals surface area contributed by atoms with Gasteiger partial charge in [-0.15, -0.1) is 0 Å². The number of methoxy groups -OCH3 is 1. The number of ether oxygens (including phenoxy) is 2. The summed E-state index contributed by atoms with van der Waals surface area (Å²) in [5.41, 5.74) is 0. The second-order valence-corrected chi connectivity index (χ2v) is 2.75. The maximum absolute atomic E-state index is 11.1. The van der Waals surface area contributed by atoms with E-state index in [0.717, 1.165) is 12.8 Å². The van der Waals surface area contributed by atoms with E-state index in [1.807, 2.05) is 0 Å². The van der Waals surface area contributed by atoms with E-state index in [1.54, 1.807) is 14.0 Å². The van der Waals surface area contributed by atoms with Crippen LogP contribution in [0.5, 0.6) is 0 Å². The lowest BCUT2D eigenvalue weighted by atomic mass is 10.2. The molecule has 0 bridgehead atoms. The van der Waals surface area contributed by atoms with Gasteiger partial charge in [-0.05, 0) is 25.7 Å². The molecular weight excluding hydrogens is 144 g/mol. The van der Waals surface area contributed by atoms with Crippen LogP contribution in [0.2, 0.25) is 0 Å². The van der Waals surface area contributed by atoms with E-state index in [9.17, 15) is 4.79 Å². The normalized spacial score (nSPS) is 19.5. The van der Waals surface area contributed by atoms with Crippen LogP contribution >= 0.6 is 0 Å². The van der Waals surface area contributed by atoms with Gasteiger partial charge in [0.1, 0.15) is 0 Å². The van der Waals surface area contributed by atoms with Crippen molar-refractivity contribution in [2.45, 2.75) is 25.9 Å². The van der Waals surface area contributed by atoms with Crippen LogP contribution in [0.4, 0.5) is 0 Å². The molecule has 1 rings (SSSR count). The first kappa shape index (κ1) is 8.53. The van der Waals surface area contributed by atoms with Crippen molar-refractivity contribution in [1.82, 2.24) is 0 Å². The highest BCUT2D eigenvalue weighted by Crippen LogP contribution is 2.34. The van der Waals surface area contributed by atoms with Crippen molar-refractivity contribution in [2.24, 2.45) is 5.92 Å². The van der Waals surface area contributed by atoms with Crippen LogP contribution < -0.4 is 0 Å². The zero-order valence-corrected chi connectivity index (χ0v) is 7.00. The van der Waals surface area contributed by atoms with Crippen molar-refractivity contribution in [2.75, 3.05) is 13.7 Å². The molecule has 1 aliphatic carbocycles. The Morgan fingerprint density at radius 3 is 2.64 bits per heavy atom. The Labute approximate surface area is 66.7 Å². The molecule has 0 radical (unpaired) electrons. The summed E-state index contributed by atoms with van der Waals surface area (Å²) < 4.78 is 9.85. The van der Waals surface area contributed by atoms with Crippen LogP contribution in [-0.2, 0) is 14.3 Å². The van der Waals surface area contributed by atoms with Gasteiger partial charge in [0, 0.05) is 7.11 Å². The summed E-state index contributed by atoms with van der Waals surface area (Å²) in [5, 5.41) is 0. The van der Waals surface area contributed by atoms with Gasteiger partial charge in [0.25, 0.3) is 0 Å². The minimum absolute atomic E-state index is 0.211. The fourth-order valence-electron chi connectivity index (χ4n) is 1.10. The minimum atomic E-state index is -0.310. The molecule has 0 N–H and O–H groups in total. The van der Waals surface area contributed by atoms with Gasteiger partial charge in [-0.2, -0.15) is 0 Å². The summed E-state index contributed by atoms with van der Waals surface area (Å²) in [5.74, 6) is 0.205. The van der Waals surface area contributed by atoms with Crippen molar-refractivity contribution >= 4 is 5.97 Å². The largest absolute Gasteiger partial charge is 0.464 e. The van der Waals surface area contributed by atoms with Gasteiger partial charge < -0.3 is 9.47 Å². The maximum Gasteiger partial charge on any atom is 0.335 e. The molecule has 1 saturated carbocycles. The number of hydrogen-bond acceptors (Lipinski definition) is 3. The van der Waals surface area contributed by atoms with E-state index < -0.39 is 0 Å². The number of carbonyl (C=O) groups is 1. The molecule has 0 aromatic heterocycles. The molecule has 1 unspecified atom stereocenters. The number of rotatable bonds is 4. The fourth-order valence-corrected chi connectivity index (χ4v) is 1.10. The Balaban J connectivity index is 2.33. The summed E-state index contributed by atoms with van der Waals surface area (Å²) in [6.07, 6.45) is 1.88. The number of hydrogen-bond donors (Lipinski definition) is 0. The third kappa shape index (κ3) is 2.19. The Morgan fingerprint density at radius 1 is 1.64 bits per heavy atom. The van der Waals surface area contributed by atoms with Gasteiger partial charge in [-0.25, -0.2) is 4.79 Å². The third-order valence-electron chi connectivity index (χ3n) is 1.82. The highest BCUT2D eigenvalue weighted by atomic mass is 16.6. The van der Waals surface area contributed by atoms with Gasteiger partial charge >= 0.3 is 5.97 Å². The van der Waals surface area contributed by atoms with Gasteiger partial charge in [-0.3, -0.25) is 0 Å². The molecule has 1 atom stereocenters. The van der Waals surface area contributed by atoms with Crippen molar-refractivity contribution < 1.29 is 14.3 Å². The van der Waals surface area contributed by atoms with E-state index in [4.69, 9.17) is 9.47 Å². The lowest BCUT2D eigenvalue weighted by Gasteiger charge is -2.11. The summed E-state index contributed by atoms with van der Waals surface area (Å²) >= 11 is 0. The van der Waals surface area contributed by atoms with Crippen molar-refractivity contribution in [3.05, 3.63) is 0 Å². The van der Waals surface area contributed by atoms with E-state index in [-0.39, 0.29) is 12.1 Å². The fraction of sp³-hybridized carbons (Fsp3) is 0.875. The van der Waals surface area contributed by atoms with Crippen LogP contribution in [0.25, 0.3) is 0 Å². The Morgan fingerprint density at radius 2 is 2.27 bits per heavy atom.